The molecule has 0 bridgehead atoms. The first-order valence-corrected chi connectivity index (χ1v) is 6.62. The molecule has 1 fully saturated rings. The Balaban J connectivity index is 1.99. The molecule has 122 valence electrons. The summed E-state index contributed by atoms with van der Waals surface area (Å²) in [6.07, 6.45) is -2.24. The van der Waals surface area contributed by atoms with Gasteiger partial charge in [0.05, 0.1) is 5.41 Å². The number of carboxylic acids is 1. The molecule has 2 rings (SSSR count). The molecule has 7 nitrogen and oxygen atoms in total. The first kappa shape index (κ1) is 16.2. The van der Waals surface area contributed by atoms with E-state index in [-0.39, 0.29) is 0 Å². The van der Waals surface area contributed by atoms with E-state index in [1.165, 1.54) is 0 Å². The Bertz CT molecular complexity index is 586. The Morgan fingerprint density at radius 1 is 1.55 bits per heavy atom. The van der Waals surface area contributed by atoms with E-state index in [0.29, 0.717) is 19.3 Å². The molecule has 0 spiro atoms. The second-order valence-corrected chi connectivity index (χ2v) is 5.50. The van der Waals surface area contributed by atoms with Crippen molar-refractivity contribution in [2.75, 3.05) is 0 Å². The van der Waals surface area contributed by atoms with Gasteiger partial charge in [-0.2, -0.15) is 13.2 Å². The molecule has 1 aliphatic rings. The molecule has 0 aromatic carbocycles. The monoisotopic (exact) mass is 320 g/mol. The number of nitrogens with one attached hydrogen (secondary N) is 1. The topological polar surface area (TPSA) is 97.1 Å². The predicted octanol–water partition coefficient (Wildman–Crippen LogP) is 1.06. The zero-order valence-corrected chi connectivity index (χ0v) is 11.7. The number of aliphatic carboxylic acids is 1. The van der Waals surface area contributed by atoms with Crippen molar-refractivity contribution in [2.45, 2.75) is 44.9 Å². The van der Waals surface area contributed by atoms with E-state index >= 15 is 0 Å². The fourth-order valence-electron chi connectivity index (χ4n) is 2.54. The Kier molecular flexibility index (Phi) is 4.12. The van der Waals surface area contributed by atoms with Crippen LogP contribution in [0.5, 0.6) is 0 Å². The Morgan fingerprint density at radius 3 is 2.77 bits per heavy atom. The molecule has 2 unspecified atom stereocenters. The number of nitrogens with zero attached hydrogens (tertiary/aromatic N) is 3. The van der Waals surface area contributed by atoms with Gasteiger partial charge in [-0.3, -0.25) is 9.59 Å². The zero-order chi connectivity index (χ0) is 16.5. The average Bonchev–Trinajstić information content (AvgIpc) is 2.98. The molecule has 1 amide bonds. The smallest absolute Gasteiger partial charge is 0.453 e. The van der Waals surface area contributed by atoms with Crippen molar-refractivity contribution in [1.29, 1.82) is 0 Å². The van der Waals surface area contributed by atoms with Gasteiger partial charge in [0.15, 0.2) is 0 Å². The van der Waals surface area contributed by atoms with E-state index in [1.54, 1.807) is 6.92 Å². The summed E-state index contributed by atoms with van der Waals surface area (Å²) in [4.78, 5) is 26.2. The van der Waals surface area contributed by atoms with E-state index in [2.05, 4.69) is 15.4 Å². The number of rotatable bonds is 4. The van der Waals surface area contributed by atoms with Crippen molar-refractivity contribution in [1.82, 2.24) is 20.1 Å². The minimum Gasteiger partial charge on any atom is -0.481 e. The van der Waals surface area contributed by atoms with Gasteiger partial charge >= 0.3 is 12.1 Å². The lowest BCUT2D eigenvalue weighted by molar-refractivity contribution is -0.149. The van der Waals surface area contributed by atoms with Gasteiger partial charge < -0.3 is 10.4 Å². The number of carbonyl (C=O) groups excluding carboxylic acids is 1. The fraction of sp³-hybridized carbons (Fsp3) is 0.667. The Morgan fingerprint density at radius 2 is 2.23 bits per heavy atom. The van der Waals surface area contributed by atoms with E-state index in [1.807, 2.05) is 0 Å². The molecule has 1 aliphatic carbocycles. The normalized spacial score (nSPS) is 25.2. The summed E-state index contributed by atoms with van der Waals surface area (Å²) in [5.41, 5.74) is -1.06. The number of amides is 1. The van der Waals surface area contributed by atoms with Crippen LogP contribution < -0.4 is 5.32 Å². The highest BCUT2D eigenvalue weighted by Crippen LogP contribution is 2.38. The molecule has 0 radical (unpaired) electrons. The number of hydrogen-bond acceptors (Lipinski definition) is 4. The summed E-state index contributed by atoms with van der Waals surface area (Å²) in [7, 11) is 0. The lowest BCUT2D eigenvalue weighted by atomic mass is 9.85. The minimum atomic E-state index is -4.67. The molecule has 0 saturated heterocycles. The first-order valence-electron chi connectivity index (χ1n) is 6.62. The van der Waals surface area contributed by atoms with Crippen LogP contribution in [0.15, 0.2) is 6.33 Å². The van der Waals surface area contributed by atoms with Gasteiger partial charge in [0, 0.05) is 6.04 Å². The molecule has 1 heterocycles. The predicted molar refractivity (Wildman–Crippen MR) is 66.5 cm³/mol. The lowest BCUT2D eigenvalue weighted by Crippen LogP contribution is -2.47. The van der Waals surface area contributed by atoms with Crippen molar-refractivity contribution < 1.29 is 27.9 Å². The molecular weight excluding hydrogens is 305 g/mol. The molecule has 22 heavy (non-hydrogen) atoms. The van der Waals surface area contributed by atoms with Crippen LogP contribution in [0.25, 0.3) is 0 Å². The third-order valence-corrected chi connectivity index (χ3v) is 3.88. The Labute approximate surface area is 123 Å². The molecule has 2 N–H and O–H groups in total. The van der Waals surface area contributed by atoms with Gasteiger partial charge in [0.25, 0.3) is 5.82 Å². The van der Waals surface area contributed by atoms with Crippen LogP contribution in [-0.4, -0.2) is 37.8 Å². The molecule has 1 aromatic heterocycles. The molecule has 1 aromatic rings. The van der Waals surface area contributed by atoms with Crippen LogP contribution in [0.2, 0.25) is 0 Å². The third kappa shape index (κ3) is 3.20. The highest BCUT2D eigenvalue weighted by atomic mass is 19.4. The number of aromatic nitrogens is 3. The second-order valence-electron chi connectivity index (χ2n) is 5.50. The minimum absolute atomic E-state index is 0.439. The summed E-state index contributed by atoms with van der Waals surface area (Å²) in [6.45, 7) is 1.10. The maximum atomic E-state index is 12.4. The third-order valence-electron chi connectivity index (χ3n) is 3.88. The second kappa shape index (κ2) is 5.58. The largest absolute Gasteiger partial charge is 0.481 e. The summed E-state index contributed by atoms with van der Waals surface area (Å²) >= 11 is 0. The van der Waals surface area contributed by atoms with Crippen molar-refractivity contribution in [2.24, 2.45) is 5.41 Å². The van der Waals surface area contributed by atoms with Crippen molar-refractivity contribution >= 4 is 11.9 Å². The molecule has 1 saturated carbocycles. The maximum Gasteiger partial charge on any atom is 0.453 e. The van der Waals surface area contributed by atoms with Gasteiger partial charge in [-0.15, -0.1) is 5.10 Å². The highest BCUT2D eigenvalue weighted by molar-refractivity contribution is 5.80. The summed E-state index contributed by atoms with van der Waals surface area (Å²) < 4.78 is 37.8. The van der Waals surface area contributed by atoms with E-state index in [9.17, 15) is 27.9 Å². The van der Waals surface area contributed by atoms with E-state index in [0.717, 1.165) is 11.0 Å². The molecule has 10 heteroatoms. The summed E-state index contributed by atoms with van der Waals surface area (Å²) in [6, 6.07) is -0.553. The van der Waals surface area contributed by atoms with Crippen LogP contribution in [0.4, 0.5) is 13.2 Å². The number of carbonyl (C=O) groups is 2. The number of halogens is 3. The first-order chi connectivity index (χ1) is 10.1. The number of alkyl halides is 3. The van der Waals surface area contributed by atoms with Crippen molar-refractivity contribution in [3.63, 3.8) is 0 Å². The van der Waals surface area contributed by atoms with Crippen LogP contribution >= 0.6 is 0 Å². The number of carboxylic acid groups (broad SMARTS) is 1. The maximum absolute atomic E-state index is 12.4. The van der Waals surface area contributed by atoms with Gasteiger partial charge in [-0.1, -0.05) is 6.42 Å². The SMILES string of the molecule is CC1(C(=O)O)CCCC1NC(=O)Cn1cnc(C(F)(F)F)n1. The highest BCUT2D eigenvalue weighted by Gasteiger charge is 2.45. The molecular formula is C12H15F3N4O3. The standard InChI is InChI=1S/C12H15F3N4O3/c1-11(10(21)22)4-2-3-7(11)17-8(20)5-19-6-16-9(18-19)12(13,14)15/h6-7H,2-5H2,1H3,(H,17,20)(H,21,22). The van der Waals surface area contributed by atoms with Gasteiger partial charge in [-0.25, -0.2) is 9.67 Å². The van der Waals surface area contributed by atoms with E-state index < -0.39 is 41.9 Å². The van der Waals surface area contributed by atoms with Crippen molar-refractivity contribution in [3.8, 4) is 0 Å². The van der Waals surface area contributed by atoms with Crippen LogP contribution in [-0.2, 0) is 22.3 Å². The summed E-state index contributed by atoms with van der Waals surface area (Å²) in [5, 5.41) is 15.0. The quantitative estimate of drug-likeness (QED) is 0.864. The zero-order valence-electron chi connectivity index (χ0n) is 11.7. The van der Waals surface area contributed by atoms with Gasteiger partial charge in [0.2, 0.25) is 5.91 Å². The van der Waals surface area contributed by atoms with Crippen molar-refractivity contribution in [3.05, 3.63) is 12.2 Å². The summed E-state index contributed by atoms with van der Waals surface area (Å²) in [5.74, 6) is -2.93. The fourth-order valence-corrected chi connectivity index (χ4v) is 2.54. The molecule has 2 atom stereocenters. The van der Waals surface area contributed by atoms with Crippen LogP contribution in [0, 0.1) is 5.41 Å². The van der Waals surface area contributed by atoms with Crippen LogP contribution in [0.3, 0.4) is 0 Å². The van der Waals surface area contributed by atoms with E-state index in [4.69, 9.17) is 0 Å². The van der Waals surface area contributed by atoms with Gasteiger partial charge in [0.1, 0.15) is 12.9 Å². The average molecular weight is 320 g/mol. The van der Waals surface area contributed by atoms with Gasteiger partial charge in [-0.05, 0) is 19.8 Å². The lowest BCUT2D eigenvalue weighted by Gasteiger charge is -2.27. The van der Waals surface area contributed by atoms with Crippen LogP contribution in [0.1, 0.15) is 32.0 Å². The number of hydrogen-bond donors (Lipinski definition) is 2. The molecule has 0 aliphatic heterocycles. The Hall–Kier alpha value is -2.13.